The maximum absolute atomic E-state index is 12.0. The molecule has 0 bridgehead atoms. The van der Waals surface area contributed by atoms with Crippen LogP contribution in [0.1, 0.15) is 33.1 Å². The fourth-order valence-corrected chi connectivity index (χ4v) is 2.20. The van der Waals surface area contributed by atoms with Crippen molar-refractivity contribution in [1.82, 2.24) is 15.5 Å². The molecule has 2 rings (SSSR count). The number of carbonyl (C=O) groups is 3. The highest BCUT2D eigenvalue weighted by atomic mass is 16.4. The maximum atomic E-state index is 12.0. The Bertz CT molecular complexity index is 435. The predicted molar refractivity (Wildman–Crippen MR) is 71.1 cm³/mol. The van der Waals surface area contributed by atoms with E-state index in [-0.39, 0.29) is 24.5 Å². The lowest BCUT2D eigenvalue weighted by Gasteiger charge is -2.22. The minimum atomic E-state index is -0.896. The third-order valence-corrected chi connectivity index (χ3v) is 3.93. The SMILES string of the molecule is CC(NC(=O)N1CCC(C)(C(=O)O)C1)C(=O)NC1CC1. The van der Waals surface area contributed by atoms with Gasteiger partial charge in [-0.05, 0) is 33.1 Å². The second-order valence-electron chi connectivity index (χ2n) is 5.99. The molecule has 0 aromatic heterocycles. The molecule has 3 N–H and O–H groups in total. The summed E-state index contributed by atoms with van der Waals surface area (Å²) in [7, 11) is 0. The van der Waals surface area contributed by atoms with Crippen LogP contribution in [0.4, 0.5) is 4.79 Å². The Balaban J connectivity index is 1.82. The van der Waals surface area contributed by atoms with E-state index in [0.717, 1.165) is 12.8 Å². The molecule has 1 saturated carbocycles. The lowest BCUT2D eigenvalue weighted by atomic mass is 9.90. The highest BCUT2D eigenvalue weighted by Gasteiger charge is 2.42. The molecule has 2 unspecified atom stereocenters. The normalized spacial score (nSPS) is 27.0. The zero-order valence-electron chi connectivity index (χ0n) is 11.8. The van der Waals surface area contributed by atoms with E-state index in [1.165, 1.54) is 4.90 Å². The zero-order valence-corrected chi connectivity index (χ0v) is 11.8. The second kappa shape index (κ2) is 5.30. The summed E-state index contributed by atoms with van der Waals surface area (Å²) in [6.07, 6.45) is 2.42. The molecule has 7 heteroatoms. The monoisotopic (exact) mass is 283 g/mol. The smallest absolute Gasteiger partial charge is 0.318 e. The van der Waals surface area contributed by atoms with Gasteiger partial charge in [-0.1, -0.05) is 0 Å². The number of hydrogen-bond donors (Lipinski definition) is 3. The summed E-state index contributed by atoms with van der Waals surface area (Å²) < 4.78 is 0. The standard InChI is InChI=1S/C13H21N3O4/c1-8(10(17)15-9-3-4-9)14-12(20)16-6-5-13(2,7-16)11(18)19/h8-9H,3-7H2,1-2H3,(H,14,20)(H,15,17)(H,18,19). The molecule has 2 aliphatic rings. The molecule has 7 nitrogen and oxygen atoms in total. The van der Waals surface area contributed by atoms with Gasteiger partial charge in [0.1, 0.15) is 6.04 Å². The number of carboxylic acid groups (broad SMARTS) is 1. The summed E-state index contributed by atoms with van der Waals surface area (Å²) in [5.74, 6) is -1.09. The first-order valence-corrected chi connectivity index (χ1v) is 6.91. The summed E-state index contributed by atoms with van der Waals surface area (Å²) >= 11 is 0. The maximum Gasteiger partial charge on any atom is 0.318 e. The molecule has 2 fully saturated rings. The first-order valence-electron chi connectivity index (χ1n) is 6.91. The van der Waals surface area contributed by atoms with Crippen LogP contribution in [0.5, 0.6) is 0 Å². The molecule has 1 aliphatic heterocycles. The number of carboxylic acids is 1. The van der Waals surface area contributed by atoms with E-state index in [1.807, 2.05) is 0 Å². The van der Waals surface area contributed by atoms with E-state index in [2.05, 4.69) is 10.6 Å². The van der Waals surface area contributed by atoms with Crippen molar-refractivity contribution in [1.29, 1.82) is 0 Å². The average Bonchev–Trinajstić information content (AvgIpc) is 3.08. The molecule has 0 aromatic carbocycles. The van der Waals surface area contributed by atoms with Gasteiger partial charge < -0.3 is 20.6 Å². The summed E-state index contributed by atoms with van der Waals surface area (Å²) in [5, 5.41) is 14.6. The molecule has 1 aliphatic carbocycles. The molecule has 2 atom stereocenters. The number of rotatable bonds is 4. The Kier molecular flexibility index (Phi) is 3.87. The largest absolute Gasteiger partial charge is 0.481 e. The molecule has 20 heavy (non-hydrogen) atoms. The molecule has 0 spiro atoms. The molecule has 0 aromatic rings. The van der Waals surface area contributed by atoms with E-state index < -0.39 is 17.4 Å². The first-order chi connectivity index (χ1) is 9.32. The van der Waals surface area contributed by atoms with Crippen LogP contribution in [0, 0.1) is 5.41 Å². The second-order valence-corrected chi connectivity index (χ2v) is 5.99. The van der Waals surface area contributed by atoms with E-state index in [9.17, 15) is 14.4 Å². The van der Waals surface area contributed by atoms with Gasteiger partial charge in [0.25, 0.3) is 0 Å². The third kappa shape index (κ3) is 3.20. The Hall–Kier alpha value is -1.79. The van der Waals surface area contributed by atoms with Crippen molar-refractivity contribution in [2.24, 2.45) is 5.41 Å². The van der Waals surface area contributed by atoms with Gasteiger partial charge in [0.05, 0.1) is 5.41 Å². The number of hydrogen-bond acceptors (Lipinski definition) is 3. The van der Waals surface area contributed by atoms with Crippen molar-refractivity contribution in [2.45, 2.75) is 45.2 Å². The Morgan fingerprint density at radius 1 is 1.35 bits per heavy atom. The van der Waals surface area contributed by atoms with Crippen molar-refractivity contribution in [3.05, 3.63) is 0 Å². The Morgan fingerprint density at radius 3 is 2.50 bits per heavy atom. The average molecular weight is 283 g/mol. The lowest BCUT2D eigenvalue weighted by Crippen LogP contribution is -2.50. The van der Waals surface area contributed by atoms with E-state index in [1.54, 1.807) is 13.8 Å². The van der Waals surface area contributed by atoms with Crippen molar-refractivity contribution >= 4 is 17.9 Å². The number of urea groups is 1. The van der Waals surface area contributed by atoms with E-state index >= 15 is 0 Å². The number of likely N-dealkylation sites (tertiary alicyclic amines) is 1. The fraction of sp³-hybridized carbons (Fsp3) is 0.769. The Labute approximate surface area is 117 Å². The van der Waals surface area contributed by atoms with Crippen LogP contribution >= 0.6 is 0 Å². The van der Waals surface area contributed by atoms with Crippen LogP contribution in [0.2, 0.25) is 0 Å². The summed E-state index contributed by atoms with van der Waals surface area (Å²) in [4.78, 5) is 36.3. The minimum absolute atomic E-state index is 0.172. The third-order valence-electron chi connectivity index (χ3n) is 3.93. The van der Waals surface area contributed by atoms with Crippen LogP contribution in [-0.4, -0.2) is 53.1 Å². The van der Waals surface area contributed by atoms with Gasteiger partial charge in [0.15, 0.2) is 0 Å². The summed E-state index contributed by atoms with van der Waals surface area (Å²) in [5.41, 5.74) is -0.892. The zero-order chi connectivity index (χ0) is 14.9. The highest BCUT2D eigenvalue weighted by molar-refractivity contribution is 5.87. The highest BCUT2D eigenvalue weighted by Crippen LogP contribution is 2.30. The van der Waals surface area contributed by atoms with Gasteiger partial charge in [0.2, 0.25) is 5.91 Å². The van der Waals surface area contributed by atoms with Gasteiger partial charge in [-0.3, -0.25) is 9.59 Å². The van der Waals surface area contributed by atoms with Gasteiger partial charge in [-0.15, -0.1) is 0 Å². The van der Waals surface area contributed by atoms with Crippen LogP contribution < -0.4 is 10.6 Å². The van der Waals surface area contributed by atoms with Crippen LogP contribution in [-0.2, 0) is 9.59 Å². The van der Waals surface area contributed by atoms with Crippen molar-refractivity contribution in [3.63, 3.8) is 0 Å². The lowest BCUT2D eigenvalue weighted by molar-refractivity contribution is -0.147. The van der Waals surface area contributed by atoms with Crippen LogP contribution in [0.25, 0.3) is 0 Å². The van der Waals surface area contributed by atoms with Gasteiger partial charge >= 0.3 is 12.0 Å². The van der Waals surface area contributed by atoms with Gasteiger partial charge in [-0.25, -0.2) is 4.79 Å². The number of aliphatic carboxylic acids is 1. The molecule has 3 amide bonds. The number of carbonyl (C=O) groups excluding carboxylic acids is 2. The summed E-state index contributed by atoms with van der Waals surface area (Å²) in [6.45, 7) is 3.82. The molecule has 1 saturated heterocycles. The molecule has 1 heterocycles. The van der Waals surface area contributed by atoms with Crippen molar-refractivity contribution < 1.29 is 19.5 Å². The van der Waals surface area contributed by atoms with Crippen molar-refractivity contribution in [3.8, 4) is 0 Å². The van der Waals surface area contributed by atoms with Crippen LogP contribution in [0.3, 0.4) is 0 Å². The topological polar surface area (TPSA) is 98.7 Å². The predicted octanol–water partition coefficient (Wildman–Crippen LogP) is 0.160. The number of nitrogens with zero attached hydrogens (tertiary/aromatic N) is 1. The first kappa shape index (κ1) is 14.6. The van der Waals surface area contributed by atoms with Gasteiger partial charge in [0, 0.05) is 19.1 Å². The molecular weight excluding hydrogens is 262 g/mol. The van der Waals surface area contributed by atoms with Gasteiger partial charge in [-0.2, -0.15) is 0 Å². The quantitative estimate of drug-likeness (QED) is 0.684. The number of amides is 3. The van der Waals surface area contributed by atoms with E-state index in [4.69, 9.17) is 5.11 Å². The van der Waals surface area contributed by atoms with Crippen molar-refractivity contribution in [2.75, 3.05) is 13.1 Å². The van der Waals surface area contributed by atoms with Crippen LogP contribution in [0.15, 0.2) is 0 Å². The number of nitrogens with one attached hydrogen (secondary N) is 2. The molecule has 0 radical (unpaired) electrons. The summed E-state index contributed by atoms with van der Waals surface area (Å²) in [6, 6.07) is -0.739. The van der Waals surface area contributed by atoms with E-state index in [0.29, 0.717) is 13.0 Å². The Morgan fingerprint density at radius 2 is 2.00 bits per heavy atom. The minimum Gasteiger partial charge on any atom is -0.481 e. The fourth-order valence-electron chi connectivity index (χ4n) is 2.20. The molecular formula is C13H21N3O4. The molecule has 112 valence electrons.